The van der Waals surface area contributed by atoms with Gasteiger partial charge in [0.2, 0.25) is 5.91 Å². The van der Waals surface area contributed by atoms with E-state index in [-0.39, 0.29) is 18.5 Å². The third-order valence-corrected chi connectivity index (χ3v) is 8.01. The number of rotatable bonds is 3. The summed E-state index contributed by atoms with van der Waals surface area (Å²) in [5.74, 6) is 0.595. The van der Waals surface area contributed by atoms with Gasteiger partial charge < -0.3 is 29.8 Å². The van der Waals surface area contributed by atoms with E-state index in [0.29, 0.717) is 13.0 Å². The highest BCUT2D eigenvalue weighted by atomic mass is 16.5. The number of aryl methyl sites for hydroxylation is 1. The Bertz CT molecular complexity index is 1190. The molecule has 2 aliphatic rings. The maximum absolute atomic E-state index is 13.9. The molecule has 3 amide bonds. The smallest absolute Gasteiger partial charge is 0.315 e. The maximum Gasteiger partial charge on any atom is 0.315 e. The number of benzene rings is 2. The summed E-state index contributed by atoms with van der Waals surface area (Å²) >= 11 is 0. The summed E-state index contributed by atoms with van der Waals surface area (Å²) in [4.78, 5) is 40.5. The molecular weight excluding hydrogens is 482 g/mol. The van der Waals surface area contributed by atoms with Crippen LogP contribution < -0.4 is 15.4 Å². The molecule has 8 nitrogen and oxygen atoms in total. The van der Waals surface area contributed by atoms with Gasteiger partial charge in [-0.3, -0.25) is 4.79 Å². The Labute approximate surface area is 225 Å². The molecule has 4 rings (SSSR count). The Kier molecular flexibility index (Phi) is 8.31. The van der Waals surface area contributed by atoms with Crippen molar-refractivity contribution < 1.29 is 23.9 Å². The van der Waals surface area contributed by atoms with Gasteiger partial charge in [-0.05, 0) is 64.8 Å². The number of carbonyl (C=O) groups excluding carboxylic acids is 3. The van der Waals surface area contributed by atoms with Crippen molar-refractivity contribution in [3.8, 4) is 5.75 Å². The van der Waals surface area contributed by atoms with Gasteiger partial charge in [0.15, 0.2) is 0 Å². The first-order valence-corrected chi connectivity index (χ1v) is 13.6. The molecule has 2 aromatic rings. The number of fused-ring (bicyclic) bond motifs is 5. The minimum Gasteiger partial charge on any atom is -0.496 e. The van der Waals surface area contributed by atoms with Crippen LogP contribution in [0.15, 0.2) is 30.3 Å². The van der Waals surface area contributed by atoms with Gasteiger partial charge in [0.1, 0.15) is 23.7 Å². The number of carbonyl (C=O) groups is 3. The lowest BCUT2D eigenvalue weighted by atomic mass is 9.85. The van der Waals surface area contributed by atoms with Crippen LogP contribution in [-0.4, -0.2) is 62.5 Å². The van der Waals surface area contributed by atoms with Crippen molar-refractivity contribution in [1.82, 2.24) is 15.5 Å². The van der Waals surface area contributed by atoms with E-state index < -0.39 is 23.1 Å². The highest BCUT2D eigenvalue weighted by molar-refractivity contribution is 5.90. The molecular formula is C30H41N3O5. The van der Waals surface area contributed by atoms with Gasteiger partial charge in [0, 0.05) is 20.1 Å². The molecule has 1 saturated heterocycles. The zero-order valence-corrected chi connectivity index (χ0v) is 23.3. The number of methoxy groups -OCH3 is 2. The number of aldehydes is 1. The topological polar surface area (TPSA) is 97.0 Å². The fourth-order valence-corrected chi connectivity index (χ4v) is 5.73. The molecule has 2 heterocycles. The van der Waals surface area contributed by atoms with Crippen molar-refractivity contribution in [1.29, 1.82) is 0 Å². The Balaban J connectivity index is 1.78. The molecule has 5 bridgehead atoms. The molecule has 2 aromatic carbocycles. The van der Waals surface area contributed by atoms with Crippen LogP contribution in [0.4, 0.5) is 4.79 Å². The van der Waals surface area contributed by atoms with E-state index >= 15 is 0 Å². The molecule has 0 aliphatic carbocycles. The largest absolute Gasteiger partial charge is 0.496 e. The highest BCUT2D eigenvalue weighted by Crippen LogP contribution is 2.41. The van der Waals surface area contributed by atoms with Gasteiger partial charge >= 0.3 is 6.03 Å². The lowest BCUT2D eigenvalue weighted by Gasteiger charge is -2.35. The quantitative estimate of drug-likeness (QED) is 0.584. The van der Waals surface area contributed by atoms with Crippen LogP contribution in [0.2, 0.25) is 0 Å². The molecule has 1 fully saturated rings. The van der Waals surface area contributed by atoms with Crippen molar-refractivity contribution in [2.24, 2.45) is 5.41 Å². The Morgan fingerprint density at radius 3 is 2.47 bits per heavy atom. The Hall–Kier alpha value is -3.13. The summed E-state index contributed by atoms with van der Waals surface area (Å²) in [7, 11) is 3.33. The van der Waals surface area contributed by atoms with E-state index in [2.05, 4.69) is 28.8 Å². The first kappa shape index (κ1) is 27.9. The van der Waals surface area contributed by atoms with Crippen molar-refractivity contribution in [3.05, 3.63) is 41.5 Å². The third-order valence-electron chi connectivity index (χ3n) is 8.01. The van der Waals surface area contributed by atoms with Crippen LogP contribution in [-0.2, 0) is 26.3 Å². The van der Waals surface area contributed by atoms with Crippen molar-refractivity contribution in [3.63, 3.8) is 0 Å². The van der Waals surface area contributed by atoms with Gasteiger partial charge in [0.05, 0.1) is 19.7 Å². The second kappa shape index (κ2) is 11.3. The molecule has 38 heavy (non-hydrogen) atoms. The summed E-state index contributed by atoms with van der Waals surface area (Å²) in [6, 6.07) is 8.59. The Morgan fingerprint density at radius 2 is 1.79 bits per heavy atom. The summed E-state index contributed by atoms with van der Waals surface area (Å²) in [6.45, 7) is 6.49. The zero-order chi connectivity index (χ0) is 27.5. The summed E-state index contributed by atoms with van der Waals surface area (Å²) in [6.07, 6.45) is 5.97. The highest BCUT2D eigenvalue weighted by Gasteiger charge is 2.50. The average Bonchev–Trinajstić information content (AvgIpc) is 3.29. The van der Waals surface area contributed by atoms with Crippen molar-refractivity contribution in [2.45, 2.75) is 77.0 Å². The maximum atomic E-state index is 13.9. The average molecular weight is 524 g/mol. The van der Waals surface area contributed by atoms with Crippen LogP contribution in [0.1, 0.15) is 64.0 Å². The lowest BCUT2D eigenvalue weighted by Crippen LogP contribution is -2.58. The van der Waals surface area contributed by atoms with Crippen molar-refractivity contribution in [2.75, 3.05) is 27.3 Å². The number of nitrogens with zero attached hydrogens (tertiary/aromatic N) is 1. The molecule has 0 saturated carbocycles. The Morgan fingerprint density at radius 1 is 1.03 bits per heavy atom. The van der Waals surface area contributed by atoms with Crippen LogP contribution >= 0.6 is 0 Å². The molecule has 0 radical (unpaired) electrons. The molecule has 0 aromatic heterocycles. The van der Waals surface area contributed by atoms with Gasteiger partial charge in [-0.25, -0.2) is 4.79 Å². The number of ether oxygens (including phenoxy) is 2. The number of hydrogen-bond donors (Lipinski definition) is 2. The summed E-state index contributed by atoms with van der Waals surface area (Å²) < 4.78 is 11.8. The normalized spacial score (nSPS) is 25.4. The fraction of sp³-hybridized carbons (Fsp3) is 0.567. The minimum absolute atomic E-state index is 0.218. The molecule has 0 spiro atoms. The monoisotopic (exact) mass is 523 g/mol. The van der Waals surface area contributed by atoms with Crippen LogP contribution in [0.25, 0.3) is 10.8 Å². The van der Waals surface area contributed by atoms with Crippen LogP contribution in [0, 0.1) is 5.41 Å². The number of amides is 3. The molecule has 8 heteroatoms. The fourth-order valence-electron chi connectivity index (χ4n) is 5.73. The van der Waals surface area contributed by atoms with E-state index in [0.717, 1.165) is 66.0 Å². The molecule has 0 unspecified atom stereocenters. The first-order valence-electron chi connectivity index (χ1n) is 13.6. The van der Waals surface area contributed by atoms with E-state index in [1.807, 2.05) is 32.9 Å². The summed E-state index contributed by atoms with van der Waals surface area (Å²) in [5.41, 5.74) is 0.670. The number of hydrogen-bond acceptors (Lipinski definition) is 5. The zero-order valence-electron chi connectivity index (χ0n) is 23.3. The predicted octanol–water partition coefficient (Wildman–Crippen LogP) is 4.32. The SMILES string of the molecule is COc1cc2ccc3cc2cc1CCCCCCNC(=O)N[C@@H](C(C)(C)C)C(=O)N1C[C@@]3(OC)C[C@H]1C=O. The van der Waals surface area contributed by atoms with E-state index in [1.165, 1.54) is 0 Å². The van der Waals surface area contributed by atoms with E-state index in [9.17, 15) is 14.4 Å². The second-order valence-electron chi connectivity index (χ2n) is 11.7. The van der Waals surface area contributed by atoms with E-state index in [4.69, 9.17) is 9.47 Å². The van der Waals surface area contributed by atoms with Crippen molar-refractivity contribution >= 4 is 29.0 Å². The van der Waals surface area contributed by atoms with Gasteiger partial charge in [-0.1, -0.05) is 45.7 Å². The third kappa shape index (κ3) is 5.65. The van der Waals surface area contributed by atoms with Gasteiger partial charge in [-0.15, -0.1) is 0 Å². The lowest BCUT2D eigenvalue weighted by molar-refractivity contribution is -0.139. The van der Waals surface area contributed by atoms with Gasteiger partial charge in [-0.2, -0.15) is 0 Å². The minimum atomic E-state index is -0.844. The standard InChI is InChI=1S/C30H41N3O5/c1-29(2,3)26-27(35)33-19-30(38-5,17-24(33)18-34)23-12-11-20-16-25(37-4)21(14-22(20)15-23)10-8-6-7-9-13-31-28(36)32-26/h11-12,14-16,18,24,26H,6-10,13,17,19H2,1-5H3,(H2,31,32,36)/t24-,26+,30-/m0/s1. The molecule has 2 aliphatic heterocycles. The molecule has 3 atom stereocenters. The van der Waals surface area contributed by atoms with Crippen LogP contribution in [0.3, 0.4) is 0 Å². The van der Waals surface area contributed by atoms with Gasteiger partial charge in [0.25, 0.3) is 0 Å². The predicted molar refractivity (Wildman–Crippen MR) is 147 cm³/mol. The van der Waals surface area contributed by atoms with Crippen LogP contribution in [0.5, 0.6) is 5.75 Å². The van der Waals surface area contributed by atoms with E-state index in [1.54, 1.807) is 19.1 Å². The number of nitrogens with one attached hydrogen (secondary N) is 2. The second-order valence-corrected chi connectivity index (χ2v) is 11.7. The first-order chi connectivity index (χ1) is 18.1. The molecule has 2 N–H and O–H groups in total. The molecule has 206 valence electrons. The summed E-state index contributed by atoms with van der Waals surface area (Å²) in [5, 5.41) is 7.92. The number of urea groups is 1.